The molecule has 0 saturated heterocycles. The molecular formula is C27H42. The second-order valence-corrected chi connectivity index (χ2v) is 12.0. The van der Waals surface area contributed by atoms with Gasteiger partial charge in [-0.15, -0.1) is 0 Å². The lowest BCUT2D eigenvalue weighted by Gasteiger charge is -2.33. The smallest absolute Gasteiger partial charge is 0.00895 e. The molecule has 6 aliphatic rings. The molecule has 0 heterocycles. The van der Waals surface area contributed by atoms with Crippen molar-refractivity contribution in [3.63, 3.8) is 0 Å². The highest BCUT2D eigenvalue weighted by Gasteiger charge is 2.53. The van der Waals surface area contributed by atoms with Gasteiger partial charge in [0.2, 0.25) is 0 Å². The molecule has 0 amide bonds. The van der Waals surface area contributed by atoms with Crippen molar-refractivity contribution in [2.45, 2.75) is 86.5 Å². The molecular weight excluding hydrogens is 324 g/mol. The summed E-state index contributed by atoms with van der Waals surface area (Å²) >= 11 is 0. The average Bonchev–Trinajstić information content (AvgIpc) is 3.25. The Kier molecular flexibility index (Phi) is 4.60. The first-order chi connectivity index (χ1) is 12.6. The zero-order valence-electron chi connectivity index (χ0n) is 18.7. The maximum absolute atomic E-state index is 2.43. The van der Waals surface area contributed by atoms with Crippen LogP contribution in [-0.2, 0) is 0 Å². The lowest BCUT2D eigenvalue weighted by molar-refractivity contribution is 0.182. The third kappa shape index (κ3) is 2.92. The van der Waals surface area contributed by atoms with E-state index in [9.17, 15) is 0 Å². The van der Waals surface area contributed by atoms with E-state index in [4.69, 9.17) is 0 Å². The Morgan fingerprint density at radius 3 is 1.26 bits per heavy atom. The first kappa shape index (κ1) is 19.5. The third-order valence-electron chi connectivity index (χ3n) is 10.4. The van der Waals surface area contributed by atoms with E-state index in [1.807, 2.05) is 0 Å². The van der Waals surface area contributed by atoms with Crippen molar-refractivity contribution in [1.29, 1.82) is 0 Å². The van der Waals surface area contributed by atoms with Gasteiger partial charge in [-0.1, -0.05) is 78.0 Å². The van der Waals surface area contributed by atoms with Gasteiger partial charge in [-0.05, 0) is 90.3 Å². The molecule has 0 heteroatoms. The van der Waals surface area contributed by atoms with E-state index in [0.717, 1.165) is 23.7 Å². The van der Waals surface area contributed by atoms with Crippen LogP contribution in [0, 0.1) is 45.3 Å². The molecule has 6 unspecified atom stereocenters. The van der Waals surface area contributed by atoms with E-state index >= 15 is 0 Å². The van der Waals surface area contributed by atoms with E-state index in [-0.39, 0.29) is 0 Å². The van der Waals surface area contributed by atoms with Crippen LogP contribution in [0.25, 0.3) is 0 Å². The molecule has 3 fully saturated rings. The molecule has 4 bridgehead atoms. The number of allylic oxidation sites excluding steroid dienone is 6. The van der Waals surface area contributed by atoms with Gasteiger partial charge in [0.15, 0.2) is 0 Å². The van der Waals surface area contributed by atoms with E-state index in [1.54, 1.807) is 0 Å². The SMILES string of the molecule is C1=CC2CCC2C1.CC12C=CC(CC1)C2(C)C.CC12C=CC(CC1)C2(C)C. The van der Waals surface area contributed by atoms with Crippen LogP contribution in [-0.4, -0.2) is 0 Å². The normalized spacial score (nSPS) is 47.8. The summed E-state index contributed by atoms with van der Waals surface area (Å²) in [6, 6.07) is 0. The largest absolute Gasteiger partial charge is 0.0880 e. The Balaban J connectivity index is 0.000000102. The zero-order chi connectivity index (χ0) is 19.5. The van der Waals surface area contributed by atoms with E-state index in [0.29, 0.717) is 21.7 Å². The molecule has 150 valence electrons. The fraction of sp³-hybridized carbons (Fsp3) is 0.778. The summed E-state index contributed by atoms with van der Waals surface area (Å²) in [6.45, 7) is 14.4. The van der Waals surface area contributed by atoms with Gasteiger partial charge in [0.25, 0.3) is 0 Å². The van der Waals surface area contributed by atoms with Crippen molar-refractivity contribution in [3.05, 3.63) is 36.5 Å². The molecule has 0 nitrogen and oxygen atoms in total. The Bertz CT molecular complexity index is 616. The van der Waals surface area contributed by atoms with Gasteiger partial charge in [-0.2, -0.15) is 0 Å². The van der Waals surface area contributed by atoms with Crippen molar-refractivity contribution < 1.29 is 0 Å². The molecule has 6 aliphatic carbocycles. The molecule has 0 aromatic heterocycles. The molecule has 6 rings (SSSR count). The second-order valence-electron chi connectivity index (χ2n) is 12.0. The fourth-order valence-corrected chi connectivity index (χ4v) is 6.62. The highest BCUT2D eigenvalue weighted by atomic mass is 14.6. The summed E-state index contributed by atoms with van der Waals surface area (Å²) in [5.74, 6) is 3.84. The van der Waals surface area contributed by atoms with E-state index in [2.05, 4.69) is 78.0 Å². The molecule has 0 radical (unpaired) electrons. The van der Waals surface area contributed by atoms with Crippen LogP contribution in [0.2, 0.25) is 0 Å². The first-order valence-electron chi connectivity index (χ1n) is 11.6. The topological polar surface area (TPSA) is 0 Å². The van der Waals surface area contributed by atoms with Crippen molar-refractivity contribution in [3.8, 4) is 0 Å². The highest BCUT2D eigenvalue weighted by molar-refractivity contribution is 5.23. The minimum absolute atomic E-state index is 0.525. The van der Waals surface area contributed by atoms with Gasteiger partial charge >= 0.3 is 0 Å². The Morgan fingerprint density at radius 2 is 1.15 bits per heavy atom. The summed E-state index contributed by atoms with van der Waals surface area (Å²) in [7, 11) is 0. The minimum atomic E-state index is 0.525. The molecule has 27 heavy (non-hydrogen) atoms. The number of fused-ring (bicyclic) bond motifs is 5. The first-order valence-corrected chi connectivity index (χ1v) is 11.6. The molecule has 0 N–H and O–H groups in total. The van der Waals surface area contributed by atoms with Gasteiger partial charge in [0.05, 0.1) is 0 Å². The van der Waals surface area contributed by atoms with Crippen LogP contribution in [0.5, 0.6) is 0 Å². The van der Waals surface area contributed by atoms with Crippen LogP contribution in [0.3, 0.4) is 0 Å². The van der Waals surface area contributed by atoms with Crippen molar-refractivity contribution in [2.24, 2.45) is 45.3 Å². The Morgan fingerprint density at radius 1 is 0.630 bits per heavy atom. The number of rotatable bonds is 0. The number of hydrogen-bond acceptors (Lipinski definition) is 0. The fourth-order valence-electron chi connectivity index (χ4n) is 6.62. The summed E-state index contributed by atoms with van der Waals surface area (Å²) in [5.41, 5.74) is 2.15. The molecule has 0 aromatic rings. The minimum Gasteiger partial charge on any atom is -0.0880 e. The summed E-state index contributed by atoms with van der Waals surface area (Å²) < 4.78 is 0. The Hall–Kier alpha value is -0.780. The van der Waals surface area contributed by atoms with Crippen molar-refractivity contribution in [1.82, 2.24) is 0 Å². The predicted octanol–water partition coefficient (Wildman–Crippen LogP) is 7.97. The maximum Gasteiger partial charge on any atom is -0.00895 e. The van der Waals surface area contributed by atoms with Gasteiger partial charge in [0, 0.05) is 0 Å². The monoisotopic (exact) mass is 366 g/mol. The van der Waals surface area contributed by atoms with Crippen LogP contribution in [0.15, 0.2) is 36.5 Å². The number of hydrogen-bond donors (Lipinski definition) is 0. The zero-order valence-corrected chi connectivity index (χ0v) is 18.7. The Labute approximate surface area is 168 Å². The standard InChI is InChI=1S/2C10H16.C7H10/c2*1-9(2)8-4-6-10(9,3)7-5-8;1-2-6-4-5-7(6)3-1/h2*4,6,8H,5,7H2,1-3H3;1-2,6-7H,3-5H2. The van der Waals surface area contributed by atoms with Crippen LogP contribution < -0.4 is 0 Å². The lowest BCUT2D eigenvalue weighted by atomic mass is 9.71. The second kappa shape index (κ2) is 6.36. The predicted molar refractivity (Wildman–Crippen MR) is 117 cm³/mol. The molecule has 0 aromatic carbocycles. The van der Waals surface area contributed by atoms with Crippen molar-refractivity contribution in [2.75, 3.05) is 0 Å². The average molecular weight is 367 g/mol. The van der Waals surface area contributed by atoms with Gasteiger partial charge in [-0.25, -0.2) is 0 Å². The van der Waals surface area contributed by atoms with E-state index in [1.165, 1.54) is 44.9 Å². The van der Waals surface area contributed by atoms with Crippen molar-refractivity contribution >= 4 is 0 Å². The van der Waals surface area contributed by atoms with Crippen LogP contribution in [0.4, 0.5) is 0 Å². The molecule has 0 aliphatic heterocycles. The van der Waals surface area contributed by atoms with Crippen LogP contribution in [0.1, 0.15) is 86.5 Å². The van der Waals surface area contributed by atoms with E-state index < -0.39 is 0 Å². The molecule has 3 saturated carbocycles. The van der Waals surface area contributed by atoms with Gasteiger partial charge in [0.1, 0.15) is 0 Å². The molecule has 6 atom stereocenters. The van der Waals surface area contributed by atoms with Crippen LogP contribution >= 0.6 is 0 Å². The summed E-state index contributed by atoms with van der Waals surface area (Å²) in [6.07, 6.45) is 24.4. The molecule has 0 spiro atoms. The quantitative estimate of drug-likeness (QED) is 0.381. The highest BCUT2D eigenvalue weighted by Crippen LogP contribution is 2.62. The summed E-state index contributed by atoms with van der Waals surface area (Å²) in [5, 5.41) is 0. The maximum atomic E-state index is 2.43. The lowest BCUT2D eigenvalue weighted by Crippen LogP contribution is -2.27. The third-order valence-corrected chi connectivity index (χ3v) is 10.4. The van der Waals surface area contributed by atoms with Gasteiger partial charge in [-0.3, -0.25) is 0 Å². The van der Waals surface area contributed by atoms with Gasteiger partial charge < -0.3 is 0 Å². The summed E-state index contributed by atoms with van der Waals surface area (Å²) in [4.78, 5) is 0.